The van der Waals surface area contributed by atoms with Gasteiger partial charge >= 0.3 is 0 Å². The first kappa shape index (κ1) is 19.4. The molecule has 0 radical (unpaired) electrons. The summed E-state index contributed by atoms with van der Waals surface area (Å²) in [5, 5.41) is 0. The van der Waals surface area contributed by atoms with Crippen LogP contribution in [0.1, 0.15) is 42.7 Å². The van der Waals surface area contributed by atoms with Gasteiger partial charge in [0.1, 0.15) is 0 Å². The predicted molar refractivity (Wildman–Crippen MR) is 95.8 cm³/mol. The summed E-state index contributed by atoms with van der Waals surface area (Å²) in [4.78, 5) is 33.1. The molecule has 7 heteroatoms. The Morgan fingerprint density at radius 2 is 1.88 bits per heavy atom. The predicted octanol–water partition coefficient (Wildman–Crippen LogP) is 0.920. The zero-order valence-corrected chi connectivity index (χ0v) is 15.4. The van der Waals surface area contributed by atoms with Crippen molar-refractivity contribution in [3.05, 3.63) is 35.4 Å². The van der Waals surface area contributed by atoms with Crippen molar-refractivity contribution in [2.75, 3.05) is 33.2 Å². The summed E-state index contributed by atoms with van der Waals surface area (Å²) < 4.78 is 0. The van der Waals surface area contributed by atoms with Crippen LogP contribution in [-0.4, -0.2) is 60.4 Å². The third kappa shape index (κ3) is 5.81. The van der Waals surface area contributed by atoms with E-state index in [2.05, 4.69) is 22.3 Å². The zero-order valence-electron chi connectivity index (χ0n) is 15.4. The Hall–Kier alpha value is -1.96. The number of primary amides is 1. The number of rotatable bonds is 5. The molecule has 138 valence electrons. The van der Waals surface area contributed by atoms with Crippen LogP contribution in [0.5, 0.6) is 0 Å². The number of piperazine rings is 1. The normalized spacial score (nSPS) is 19.6. The first-order valence-electron chi connectivity index (χ1n) is 8.45. The molecule has 1 atom stereocenters. The zero-order chi connectivity index (χ0) is 18.6. The Morgan fingerprint density at radius 1 is 1.24 bits per heavy atom. The average molecular weight is 348 g/mol. The number of nitrogens with two attached hydrogens (primary N) is 1. The fourth-order valence-electron chi connectivity index (χ4n) is 2.78. The fraction of sp³-hybridized carbons (Fsp3) is 0.556. The minimum Gasteiger partial charge on any atom is -0.369 e. The van der Waals surface area contributed by atoms with Crippen molar-refractivity contribution >= 4 is 11.8 Å². The molecule has 2 rings (SSSR count). The second-order valence-electron chi connectivity index (χ2n) is 7.48. The second kappa shape index (κ2) is 7.95. The van der Waals surface area contributed by atoms with E-state index in [0.717, 1.165) is 25.2 Å². The highest BCUT2D eigenvalue weighted by Crippen LogP contribution is 2.25. The Balaban J connectivity index is 2.08. The van der Waals surface area contributed by atoms with Gasteiger partial charge in [0.05, 0.1) is 12.1 Å². The van der Waals surface area contributed by atoms with Crippen molar-refractivity contribution in [3.63, 3.8) is 0 Å². The van der Waals surface area contributed by atoms with Gasteiger partial charge in [-0.15, -0.1) is 0 Å². The minimum absolute atomic E-state index is 0.0780. The maximum Gasteiger partial charge on any atom is 0.274 e. The number of carbonyl (C=O) groups excluding carboxylic acids is 2. The summed E-state index contributed by atoms with van der Waals surface area (Å²) >= 11 is 0. The van der Waals surface area contributed by atoms with Crippen LogP contribution in [0.25, 0.3) is 0 Å². The van der Waals surface area contributed by atoms with Crippen LogP contribution in [0.15, 0.2) is 24.3 Å². The third-order valence-electron chi connectivity index (χ3n) is 4.06. The Kier molecular flexibility index (Phi) is 6.16. The number of hydroxylamine groups is 1. The molecule has 1 aliphatic rings. The molecule has 1 aromatic carbocycles. The SMILES string of the molecule is CN1CCN(CC(N)=O)C(c2ccc(C(=O)NOC(C)(C)C)cc2)C1. The van der Waals surface area contributed by atoms with E-state index in [4.69, 9.17) is 10.6 Å². The summed E-state index contributed by atoms with van der Waals surface area (Å²) in [6.45, 7) is 8.32. The lowest BCUT2D eigenvalue weighted by atomic mass is 10.0. The van der Waals surface area contributed by atoms with E-state index in [1.165, 1.54) is 0 Å². The molecule has 1 fully saturated rings. The van der Waals surface area contributed by atoms with E-state index in [1.807, 2.05) is 32.9 Å². The fourth-order valence-corrected chi connectivity index (χ4v) is 2.78. The number of carbonyl (C=O) groups is 2. The Labute approximate surface area is 149 Å². The van der Waals surface area contributed by atoms with Gasteiger partial charge in [-0.3, -0.25) is 19.3 Å². The van der Waals surface area contributed by atoms with E-state index >= 15 is 0 Å². The highest BCUT2D eigenvalue weighted by Gasteiger charge is 2.27. The Bertz CT molecular complexity index is 610. The number of benzene rings is 1. The molecule has 1 heterocycles. The van der Waals surface area contributed by atoms with Crippen LogP contribution in [-0.2, 0) is 9.63 Å². The van der Waals surface area contributed by atoms with Crippen molar-refractivity contribution in [1.29, 1.82) is 0 Å². The van der Waals surface area contributed by atoms with Crippen molar-refractivity contribution < 1.29 is 14.4 Å². The smallest absolute Gasteiger partial charge is 0.274 e. The quantitative estimate of drug-likeness (QED) is 0.773. The highest BCUT2D eigenvalue weighted by atomic mass is 16.7. The van der Waals surface area contributed by atoms with Crippen molar-refractivity contribution in [3.8, 4) is 0 Å². The summed E-state index contributed by atoms with van der Waals surface area (Å²) in [5.41, 5.74) is 8.97. The molecule has 0 saturated carbocycles. The van der Waals surface area contributed by atoms with E-state index < -0.39 is 5.60 Å². The molecule has 0 aromatic heterocycles. The van der Waals surface area contributed by atoms with Gasteiger partial charge in [0.15, 0.2) is 0 Å². The van der Waals surface area contributed by atoms with Crippen LogP contribution in [0.3, 0.4) is 0 Å². The Morgan fingerprint density at radius 3 is 2.44 bits per heavy atom. The number of hydrogen-bond donors (Lipinski definition) is 2. The first-order chi connectivity index (χ1) is 11.7. The lowest BCUT2D eigenvalue weighted by Crippen LogP contribution is -2.49. The molecular formula is C18H28N4O3. The maximum atomic E-state index is 12.1. The monoisotopic (exact) mass is 348 g/mol. The van der Waals surface area contributed by atoms with Crippen molar-refractivity contribution in [1.82, 2.24) is 15.3 Å². The van der Waals surface area contributed by atoms with Crippen LogP contribution < -0.4 is 11.2 Å². The molecular weight excluding hydrogens is 320 g/mol. The highest BCUT2D eigenvalue weighted by molar-refractivity contribution is 5.93. The third-order valence-corrected chi connectivity index (χ3v) is 4.06. The van der Waals surface area contributed by atoms with Gasteiger partial charge in [-0.2, -0.15) is 0 Å². The lowest BCUT2D eigenvalue weighted by molar-refractivity contribution is -0.120. The van der Waals surface area contributed by atoms with Gasteiger partial charge in [-0.1, -0.05) is 12.1 Å². The average Bonchev–Trinajstić information content (AvgIpc) is 2.53. The van der Waals surface area contributed by atoms with Crippen LogP contribution in [0, 0.1) is 0 Å². The van der Waals surface area contributed by atoms with Gasteiger partial charge in [0, 0.05) is 31.2 Å². The topological polar surface area (TPSA) is 87.9 Å². The lowest BCUT2D eigenvalue weighted by Gasteiger charge is -2.39. The van der Waals surface area contributed by atoms with E-state index in [1.54, 1.807) is 12.1 Å². The van der Waals surface area contributed by atoms with E-state index in [0.29, 0.717) is 5.56 Å². The van der Waals surface area contributed by atoms with Gasteiger partial charge in [0.2, 0.25) is 5.91 Å². The molecule has 1 unspecified atom stereocenters. The first-order valence-corrected chi connectivity index (χ1v) is 8.45. The van der Waals surface area contributed by atoms with E-state index in [9.17, 15) is 9.59 Å². The minimum atomic E-state index is -0.447. The number of amides is 2. The molecule has 25 heavy (non-hydrogen) atoms. The summed E-state index contributed by atoms with van der Waals surface area (Å²) in [5.74, 6) is -0.610. The standard InChI is InChI=1S/C18H28N4O3/c1-18(2,3)25-20-17(24)14-7-5-13(6-8-14)15-11-21(4)9-10-22(15)12-16(19)23/h5-8,15H,9-12H2,1-4H3,(H2,19,23)(H,20,24). The van der Waals surface area contributed by atoms with Gasteiger partial charge in [-0.05, 0) is 45.5 Å². The van der Waals surface area contributed by atoms with Crippen molar-refractivity contribution in [2.45, 2.75) is 32.4 Å². The second-order valence-corrected chi connectivity index (χ2v) is 7.48. The van der Waals surface area contributed by atoms with Crippen LogP contribution in [0.2, 0.25) is 0 Å². The van der Waals surface area contributed by atoms with Gasteiger partial charge < -0.3 is 10.6 Å². The molecule has 7 nitrogen and oxygen atoms in total. The largest absolute Gasteiger partial charge is 0.369 e. The maximum absolute atomic E-state index is 12.1. The van der Waals surface area contributed by atoms with Crippen LogP contribution >= 0.6 is 0 Å². The molecule has 0 aliphatic carbocycles. The summed E-state index contributed by atoms with van der Waals surface area (Å²) in [6, 6.07) is 7.46. The number of likely N-dealkylation sites (N-methyl/N-ethyl adjacent to an activating group) is 1. The van der Waals surface area contributed by atoms with Crippen LogP contribution in [0.4, 0.5) is 0 Å². The molecule has 1 saturated heterocycles. The molecule has 3 N–H and O–H groups in total. The molecule has 1 aromatic rings. The summed E-state index contributed by atoms with van der Waals surface area (Å²) in [6.07, 6.45) is 0. The number of hydrogen-bond acceptors (Lipinski definition) is 5. The summed E-state index contributed by atoms with van der Waals surface area (Å²) in [7, 11) is 2.06. The van der Waals surface area contributed by atoms with E-state index in [-0.39, 0.29) is 24.4 Å². The molecule has 0 spiro atoms. The number of nitrogens with one attached hydrogen (secondary N) is 1. The molecule has 2 amide bonds. The van der Waals surface area contributed by atoms with Crippen molar-refractivity contribution in [2.24, 2.45) is 5.73 Å². The molecule has 0 bridgehead atoms. The van der Waals surface area contributed by atoms with Gasteiger partial charge in [0.25, 0.3) is 5.91 Å². The number of nitrogens with zero attached hydrogens (tertiary/aromatic N) is 2. The van der Waals surface area contributed by atoms with Gasteiger partial charge in [-0.25, -0.2) is 5.48 Å². The molecule has 1 aliphatic heterocycles.